The number of para-hydroxylation sites is 1. The maximum Gasteiger partial charge on any atom is 0.224 e. The molecular weight excluding hydrogens is 450 g/mol. The van der Waals surface area contributed by atoms with E-state index in [4.69, 9.17) is 0 Å². The maximum absolute atomic E-state index is 12.7. The van der Waals surface area contributed by atoms with Crippen LogP contribution in [0.2, 0.25) is 0 Å². The van der Waals surface area contributed by atoms with E-state index in [-0.39, 0.29) is 12.3 Å². The first-order valence-corrected chi connectivity index (χ1v) is 11.7. The Balaban J connectivity index is 1.34. The van der Waals surface area contributed by atoms with Crippen molar-refractivity contribution in [1.29, 1.82) is 0 Å². The third kappa shape index (κ3) is 5.17. The van der Waals surface area contributed by atoms with Crippen LogP contribution in [0.4, 0.5) is 17.2 Å². The van der Waals surface area contributed by atoms with E-state index in [0.29, 0.717) is 18.2 Å². The fraction of sp³-hybridized carbons (Fsp3) is 0.143. The van der Waals surface area contributed by atoms with Crippen LogP contribution in [0.5, 0.6) is 0 Å². The molecule has 1 amide bonds. The van der Waals surface area contributed by atoms with E-state index in [2.05, 4.69) is 31.9 Å². The predicted octanol–water partition coefficient (Wildman–Crippen LogP) is 4.48. The van der Waals surface area contributed by atoms with Crippen LogP contribution in [0.15, 0.2) is 91.4 Å². The van der Waals surface area contributed by atoms with Gasteiger partial charge in [-0.3, -0.25) is 14.3 Å². The summed E-state index contributed by atoms with van der Waals surface area (Å²) in [6.45, 7) is 0.447. The molecule has 5 aromatic rings. The van der Waals surface area contributed by atoms with Gasteiger partial charge in [0.1, 0.15) is 0 Å². The number of benzene rings is 2. The number of nitrogens with zero attached hydrogens (tertiary/aromatic N) is 5. The van der Waals surface area contributed by atoms with Crippen molar-refractivity contribution in [1.82, 2.24) is 25.1 Å². The summed E-state index contributed by atoms with van der Waals surface area (Å²) >= 11 is 0. The van der Waals surface area contributed by atoms with Crippen LogP contribution in [0, 0.1) is 0 Å². The van der Waals surface area contributed by atoms with Gasteiger partial charge in [-0.2, -0.15) is 0 Å². The van der Waals surface area contributed by atoms with Crippen LogP contribution in [0.1, 0.15) is 11.1 Å². The summed E-state index contributed by atoms with van der Waals surface area (Å²) in [5, 5.41) is 16.1. The fourth-order valence-electron chi connectivity index (χ4n) is 4.05. The first kappa shape index (κ1) is 23.0. The van der Waals surface area contributed by atoms with Crippen LogP contribution >= 0.6 is 0 Å². The summed E-state index contributed by atoms with van der Waals surface area (Å²) in [5.74, 6) is 1.29. The van der Waals surface area contributed by atoms with Gasteiger partial charge in [-0.05, 0) is 53.6 Å². The largest absolute Gasteiger partial charge is 0.378 e. The topological polar surface area (TPSA) is 88.0 Å². The first-order valence-electron chi connectivity index (χ1n) is 11.7. The number of rotatable bonds is 8. The highest BCUT2D eigenvalue weighted by Gasteiger charge is 2.14. The molecular formula is C28H27N7O. The van der Waals surface area contributed by atoms with Crippen molar-refractivity contribution in [3.05, 3.63) is 103 Å². The van der Waals surface area contributed by atoms with E-state index in [1.165, 1.54) is 0 Å². The quantitative estimate of drug-likeness (QED) is 0.343. The van der Waals surface area contributed by atoms with Gasteiger partial charge in [-0.15, -0.1) is 10.2 Å². The maximum atomic E-state index is 12.7. The van der Waals surface area contributed by atoms with Crippen LogP contribution < -0.4 is 15.5 Å². The van der Waals surface area contributed by atoms with Crippen LogP contribution in [-0.4, -0.2) is 39.8 Å². The number of hydrogen-bond donors (Lipinski definition) is 2. The molecule has 0 aliphatic heterocycles. The molecule has 8 heteroatoms. The van der Waals surface area contributed by atoms with Gasteiger partial charge in [0.15, 0.2) is 11.6 Å². The summed E-state index contributed by atoms with van der Waals surface area (Å²) in [6, 6.07) is 23.7. The smallest absolute Gasteiger partial charge is 0.224 e. The lowest BCUT2D eigenvalue weighted by Crippen LogP contribution is -2.24. The Morgan fingerprint density at radius 2 is 1.86 bits per heavy atom. The zero-order chi connectivity index (χ0) is 24.9. The van der Waals surface area contributed by atoms with E-state index < -0.39 is 0 Å². The summed E-state index contributed by atoms with van der Waals surface area (Å²) in [6.07, 6.45) is 5.70. The average Bonchev–Trinajstić information content (AvgIpc) is 3.27. The molecule has 0 radical (unpaired) electrons. The minimum absolute atomic E-state index is 0.0488. The molecule has 36 heavy (non-hydrogen) atoms. The standard InChI is InChI=1S/C28H27N7O/c1-34(2)23-9-5-8-22(16-23)31-26-12-13-27(33-32-26)35-19-21(24-10-3-4-11-25(24)35)15-28(36)30-18-20-7-6-14-29-17-20/h3-14,16-17,19H,15,18H2,1-2H3,(H,30,36)(H,31,32). The molecule has 3 heterocycles. The lowest BCUT2D eigenvalue weighted by molar-refractivity contribution is -0.120. The molecule has 0 aliphatic carbocycles. The monoisotopic (exact) mass is 477 g/mol. The lowest BCUT2D eigenvalue weighted by atomic mass is 10.1. The minimum atomic E-state index is -0.0488. The van der Waals surface area contributed by atoms with Gasteiger partial charge in [-0.25, -0.2) is 0 Å². The number of pyridine rings is 1. The number of aromatic nitrogens is 4. The number of hydrogen-bond acceptors (Lipinski definition) is 6. The average molecular weight is 478 g/mol. The highest BCUT2D eigenvalue weighted by molar-refractivity contribution is 5.90. The second-order valence-electron chi connectivity index (χ2n) is 8.70. The zero-order valence-electron chi connectivity index (χ0n) is 20.2. The number of amides is 1. The van der Waals surface area contributed by atoms with Crippen molar-refractivity contribution in [2.24, 2.45) is 0 Å². The Morgan fingerprint density at radius 1 is 0.972 bits per heavy atom. The van der Waals surface area contributed by atoms with Crippen molar-refractivity contribution >= 4 is 34.0 Å². The summed E-state index contributed by atoms with van der Waals surface area (Å²) in [4.78, 5) is 18.8. The molecule has 5 rings (SSSR count). The minimum Gasteiger partial charge on any atom is -0.378 e. The first-order chi connectivity index (χ1) is 17.6. The van der Waals surface area contributed by atoms with Gasteiger partial charge in [0, 0.05) is 56.0 Å². The SMILES string of the molecule is CN(C)c1cccc(Nc2ccc(-n3cc(CC(=O)NCc4cccnc4)c4ccccc43)nn2)c1. The van der Waals surface area contributed by atoms with Gasteiger partial charge in [-0.1, -0.05) is 30.3 Å². The Kier molecular flexibility index (Phi) is 6.57. The summed E-state index contributed by atoms with van der Waals surface area (Å²) < 4.78 is 1.97. The van der Waals surface area contributed by atoms with Crippen LogP contribution in [0.25, 0.3) is 16.7 Å². The van der Waals surface area contributed by atoms with Crippen molar-refractivity contribution in [2.45, 2.75) is 13.0 Å². The number of fused-ring (bicyclic) bond motifs is 1. The van der Waals surface area contributed by atoms with Crippen molar-refractivity contribution in [3.63, 3.8) is 0 Å². The van der Waals surface area contributed by atoms with E-state index >= 15 is 0 Å². The second kappa shape index (κ2) is 10.3. The Bertz CT molecular complexity index is 1480. The van der Waals surface area contributed by atoms with E-state index in [9.17, 15) is 4.79 Å². The molecule has 0 fully saturated rings. The highest BCUT2D eigenvalue weighted by Crippen LogP contribution is 2.25. The molecule has 8 nitrogen and oxygen atoms in total. The van der Waals surface area contributed by atoms with Gasteiger partial charge >= 0.3 is 0 Å². The van der Waals surface area contributed by atoms with Gasteiger partial charge in [0.25, 0.3) is 0 Å². The molecule has 2 N–H and O–H groups in total. The predicted molar refractivity (Wildman–Crippen MR) is 143 cm³/mol. The molecule has 0 spiro atoms. The molecule has 0 bridgehead atoms. The van der Waals surface area contributed by atoms with Crippen molar-refractivity contribution in [2.75, 3.05) is 24.3 Å². The highest BCUT2D eigenvalue weighted by atomic mass is 16.1. The van der Waals surface area contributed by atoms with E-state index in [1.807, 2.05) is 96.5 Å². The third-order valence-electron chi connectivity index (χ3n) is 5.89. The number of nitrogens with one attached hydrogen (secondary N) is 2. The van der Waals surface area contributed by atoms with Gasteiger partial charge < -0.3 is 15.5 Å². The summed E-state index contributed by atoms with van der Waals surface area (Å²) in [5.41, 5.74) is 4.90. The zero-order valence-corrected chi connectivity index (χ0v) is 20.2. The number of carbonyl (C=O) groups excluding carboxylic acids is 1. The fourth-order valence-corrected chi connectivity index (χ4v) is 4.05. The van der Waals surface area contributed by atoms with E-state index in [1.54, 1.807) is 12.4 Å². The van der Waals surface area contributed by atoms with Gasteiger partial charge in [0.05, 0.1) is 11.9 Å². The molecule has 0 atom stereocenters. The number of anilines is 3. The van der Waals surface area contributed by atoms with Crippen molar-refractivity contribution < 1.29 is 4.79 Å². The normalized spacial score (nSPS) is 10.8. The molecule has 3 aromatic heterocycles. The molecule has 0 saturated heterocycles. The van der Waals surface area contributed by atoms with Crippen LogP contribution in [-0.2, 0) is 17.8 Å². The number of carbonyl (C=O) groups is 1. The Hall–Kier alpha value is -4.72. The van der Waals surface area contributed by atoms with Crippen molar-refractivity contribution in [3.8, 4) is 5.82 Å². The summed E-state index contributed by atoms with van der Waals surface area (Å²) in [7, 11) is 4.02. The van der Waals surface area contributed by atoms with Gasteiger partial charge in [0.2, 0.25) is 5.91 Å². The molecule has 0 aliphatic rings. The molecule has 180 valence electrons. The molecule has 0 unspecified atom stereocenters. The Morgan fingerprint density at radius 3 is 2.64 bits per heavy atom. The second-order valence-corrected chi connectivity index (χ2v) is 8.70. The lowest BCUT2D eigenvalue weighted by Gasteiger charge is -2.14. The Labute approximate surface area is 209 Å². The van der Waals surface area contributed by atoms with E-state index in [0.717, 1.165) is 33.4 Å². The molecule has 2 aromatic carbocycles. The molecule has 0 saturated carbocycles. The third-order valence-corrected chi connectivity index (χ3v) is 5.89. The van der Waals surface area contributed by atoms with Crippen LogP contribution in [0.3, 0.4) is 0 Å².